The number of oxime groups is 1. The van der Waals surface area contributed by atoms with Gasteiger partial charge in [-0.3, -0.25) is 38.1 Å². The molecule has 0 bridgehead atoms. The average Bonchev–Trinajstić information content (AvgIpc) is 3.30. The maximum Gasteiger partial charge on any atom is 0.475 e. The zero-order chi connectivity index (χ0) is 47.3. The Morgan fingerprint density at radius 3 is 2.34 bits per heavy atom. The molecule has 0 aromatic heterocycles. The molecule has 2 N–H and O–H groups in total. The first-order valence-corrected chi connectivity index (χ1v) is 23.1. The van der Waals surface area contributed by atoms with Gasteiger partial charge in [0.25, 0.3) is 5.69 Å². The number of hydrogen-bond donors (Lipinski definition) is 2. The number of nitriles is 1. The van der Waals surface area contributed by atoms with Crippen molar-refractivity contribution < 1.29 is 51.8 Å². The quantitative estimate of drug-likeness (QED) is 0.0111. The molecule has 0 fully saturated rings. The van der Waals surface area contributed by atoms with Gasteiger partial charge in [0, 0.05) is 63.1 Å². The van der Waals surface area contributed by atoms with Crippen LogP contribution >= 0.6 is 7.82 Å². The van der Waals surface area contributed by atoms with Crippen molar-refractivity contribution in [3.05, 3.63) is 70.8 Å². The topological polar surface area (TPSA) is 255 Å². The van der Waals surface area contributed by atoms with E-state index in [-0.39, 0.29) is 69.6 Å². The van der Waals surface area contributed by atoms with Crippen molar-refractivity contribution in [1.82, 2.24) is 10.6 Å². The van der Waals surface area contributed by atoms with Crippen molar-refractivity contribution in [2.75, 3.05) is 71.2 Å². The van der Waals surface area contributed by atoms with E-state index in [4.69, 9.17) is 33.1 Å². The maximum absolute atomic E-state index is 13.3. The number of likely N-dealkylation sites (N-methyl/N-ethyl adjacent to an activating group) is 1. The SMILES string of the molecule is CCC(COCCCNC(=O)CCC/C(C)=N/OCCN(CC)c1ccc(N=Nc2ccc([N+](=O)[O-])c3ccccc23)cc1)OP(=O)(OCCC#N)OCCCOC(=O)CCC(=O)NC. The van der Waals surface area contributed by atoms with E-state index in [0.29, 0.717) is 80.6 Å². The summed E-state index contributed by atoms with van der Waals surface area (Å²) < 4.78 is 40.5. The van der Waals surface area contributed by atoms with Crippen molar-refractivity contribution >= 4 is 64.8 Å². The van der Waals surface area contributed by atoms with Crippen LogP contribution in [0, 0.1) is 21.4 Å². The Bertz CT molecular complexity index is 2120. The number of amides is 2. The predicted octanol–water partition coefficient (Wildman–Crippen LogP) is 8.39. The molecule has 3 aromatic carbocycles. The highest BCUT2D eigenvalue weighted by Gasteiger charge is 2.30. The minimum atomic E-state index is -4.07. The van der Waals surface area contributed by atoms with Gasteiger partial charge >= 0.3 is 13.8 Å². The number of nitro benzene ring substituents is 1. The molecule has 0 aliphatic carbocycles. The Morgan fingerprint density at radius 2 is 1.63 bits per heavy atom. The van der Waals surface area contributed by atoms with Gasteiger partial charge < -0.3 is 29.8 Å². The number of fused-ring (bicyclic) bond motifs is 1. The highest BCUT2D eigenvalue weighted by atomic mass is 31.2. The van der Waals surface area contributed by atoms with Gasteiger partial charge in [-0.15, -0.1) is 5.11 Å². The van der Waals surface area contributed by atoms with Crippen LogP contribution in [0.2, 0.25) is 0 Å². The van der Waals surface area contributed by atoms with Gasteiger partial charge in [-0.25, -0.2) is 4.57 Å². The number of nitrogens with zero attached hydrogens (tertiary/aromatic N) is 6. The summed E-state index contributed by atoms with van der Waals surface area (Å²) >= 11 is 0. The van der Waals surface area contributed by atoms with Gasteiger partial charge in [-0.1, -0.05) is 30.3 Å². The molecule has 354 valence electrons. The zero-order valence-electron chi connectivity index (χ0n) is 37.6. The first-order valence-electron chi connectivity index (χ1n) is 21.6. The second-order valence-electron chi connectivity index (χ2n) is 14.4. The largest absolute Gasteiger partial charge is 0.475 e. The number of ether oxygens (including phenoxy) is 2. The van der Waals surface area contributed by atoms with Crippen molar-refractivity contribution in [3.63, 3.8) is 0 Å². The van der Waals surface area contributed by atoms with Gasteiger partial charge in [0.2, 0.25) is 11.8 Å². The van der Waals surface area contributed by atoms with E-state index >= 15 is 0 Å². The molecule has 0 saturated heterocycles. The molecule has 21 heteroatoms. The summed E-state index contributed by atoms with van der Waals surface area (Å²) in [6.45, 7) is 7.94. The number of benzene rings is 3. The third kappa shape index (κ3) is 20.7. The molecule has 0 aliphatic heterocycles. The molecule has 0 aliphatic rings. The molecule has 2 unspecified atom stereocenters. The fourth-order valence-corrected chi connectivity index (χ4v) is 7.37. The second kappa shape index (κ2) is 30.3. The van der Waals surface area contributed by atoms with Crippen molar-refractivity contribution in [3.8, 4) is 6.07 Å². The van der Waals surface area contributed by atoms with E-state index in [1.165, 1.54) is 13.1 Å². The summed E-state index contributed by atoms with van der Waals surface area (Å²) in [5.74, 6) is -0.910. The summed E-state index contributed by atoms with van der Waals surface area (Å²) in [7, 11) is -2.59. The van der Waals surface area contributed by atoms with Gasteiger partial charge in [0.1, 0.15) is 6.61 Å². The third-order valence-electron chi connectivity index (χ3n) is 9.48. The lowest BCUT2D eigenvalue weighted by Crippen LogP contribution is -2.26. The highest BCUT2D eigenvalue weighted by Crippen LogP contribution is 2.51. The van der Waals surface area contributed by atoms with E-state index in [0.717, 1.165) is 17.9 Å². The van der Waals surface area contributed by atoms with E-state index in [2.05, 4.69) is 30.9 Å². The number of carbonyl (C=O) groups excluding carboxylic acids is 3. The number of carbonyl (C=O) groups is 3. The first-order chi connectivity index (χ1) is 31.4. The Labute approximate surface area is 379 Å². The minimum absolute atomic E-state index is 0.0136. The lowest BCUT2D eigenvalue weighted by Gasteiger charge is -2.23. The monoisotopic (exact) mass is 924 g/mol. The van der Waals surface area contributed by atoms with Gasteiger partial charge in [-0.2, -0.15) is 10.4 Å². The van der Waals surface area contributed by atoms with Gasteiger partial charge in [-0.05, 0) is 75.9 Å². The number of phosphoric ester groups is 1. The van der Waals surface area contributed by atoms with Crippen molar-refractivity contribution in [2.24, 2.45) is 15.4 Å². The van der Waals surface area contributed by atoms with Crippen LogP contribution in [0.1, 0.15) is 78.6 Å². The Kier molecular flexibility index (Phi) is 25.0. The van der Waals surface area contributed by atoms with Crippen LogP contribution in [-0.2, 0) is 46.8 Å². The van der Waals surface area contributed by atoms with E-state index in [1.54, 1.807) is 30.3 Å². The zero-order valence-corrected chi connectivity index (χ0v) is 38.5. The average molecular weight is 925 g/mol. The Hall–Kier alpha value is -5.84. The molecular formula is C44H61N8O12P. The molecular weight excluding hydrogens is 864 g/mol. The molecule has 3 rings (SSSR count). The second-order valence-corrected chi connectivity index (χ2v) is 16.0. The molecule has 65 heavy (non-hydrogen) atoms. The third-order valence-corrected chi connectivity index (χ3v) is 11.0. The number of non-ortho nitro benzene ring substituents is 1. The summed E-state index contributed by atoms with van der Waals surface area (Å²) in [5.41, 5.74) is 2.95. The standard InChI is InChI=1S/C44H61N8O12P/c1-5-37(64-65(58,62-30-10-25-45)63-31-12-29-60-44(55)24-23-42(53)46-4)33-59-28-11-26-47-43(54)16-9-13-34(3)50-61-32-27-51(6-2)36-19-17-35(18-20-36)48-49-40-21-22-41(52(56)57)39-15-8-7-14-38(39)40/h7-8,14-15,17-22,37H,5-6,9-13,16,23-24,26-33H2,1-4H3,(H,46,53)(H,47,54)/b49-48?,50-34+. The van der Waals surface area contributed by atoms with Crippen LogP contribution in [0.4, 0.5) is 22.7 Å². The fraction of sp³-hybridized carbons (Fsp3) is 0.523. The molecule has 0 heterocycles. The highest BCUT2D eigenvalue weighted by molar-refractivity contribution is 7.48. The Morgan fingerprint density at radius 1 is 0.877 bits per heavy atom. The summed E-state index contributed by atoms with van der Waals surface area (Å²) in [6.07, 6.45) is 1.98. The van der Waals surface area contributed by atoms with Crippen LogP contribution in [0.3, 0.4) is 0 Å². The lowest BCUT2D eigenvalue weighted by molar-refractivity contribution is -0.383. The number of nitro groups is 1. The first kappa shape index (κ1) is 53.5. The van der Waals surface area contributed by atoms with E-state index in [1.807, 2.05) is 51.1 Å². The Balaban J connectivity index is 1.29. The van der Waals surface area contributed by atoms with Crippen molar-refractivity contribution in [1.29, 1.82) is 5.26 Å². The number of esters is 1. The molecule has 3 aromatic rings. The summed E-state index contributed by atoms with van der Waals surface area (Å²) in [5, 5.41) is 39.7. The minimum Gasteiger partial charge on any atom is -0.466 e. The molecule has 0 spiro atoms. The number of hydrogen-bond acceptors (Lipinski definition) is 17. The van der Waals surface area contributed by atoms with Crippen LogP contribution in [-0.4, -0.2) is 101 Å². The van der Waals surface area contributed by atoms with Gasteiger partial charge in [0.05, 0.1) is 85.4 Å². The van der Waals surface area contributed by atoms with Crippen molar-refractivity contribution in [2.45, 2.75) is 84.7 Å². The normalized spacial score (nSPS) is 12.9. The van der Waals surface area contributed by atoms with Crippen LogP contribution in [0.25, 0.3) is 10.8 Å². The summed E-state index contributed by atoms with van der Waals surface area (Å²) in [6, 6.07) is 19.6. The number of rotatable bonds is 33. The molecule has 20 nitrogen and oxygen atoms in total. The van der Waals surface area contributed by atoms with E-state index in [9.17, 15) is 29.1 Å². The molecule has 0 saturated carbocycles. The smallest absolute Gasteiger partial charge is 0.466 e. The lowest BCUT2D eigenvalue weighted by atomic mass is 10.1. The fourth-order valence-electron chi connectivity index (χ4n) is 5.93. The maximum atomic E-state index is 13.3. The molecule has 2 amide bonds. The number of anilines is 1. The van der Waals surface area contributed by atoms with E-state index < -0.39 is 24.8 Å². The van der Waals surface area contributed by atoms with Gasteiger partial charge in [0.15, 0.2) is 0 Å². The van der Waals surface area contributed by atoms with Crippen LogP contribution in [0.15, 0.2) is 76.0 Å². The van der Waals surface area contributed by atoms with Crippen LogP contribution < -0.4 is 15.5 Å². The number of azo groups is 1. The number of phosphoric acid groups is 1. The van der Waals surface area contributed by atoms with Crippen LogP contribution in [0.5, 0.6) is 0 Å². The predicted molar refractivity (Wildman–Crippen MR) is 244 cm³/mol. The number of nitrogens with one attached hydrogen (secondary N) is 2. The molecule has 2 atom stereocenters. The molecule has 0 radical (unpaired) electrons. The summed E-state index contributed by atoms with van der Waals surface area (Å²) in [4.78, 5) is 54.2.